The average Bonchev–Trinajstić information content (AvgIpc) is 2.63. The molecular weight excluding hydrogens is 362 g/mol. The molecule has 0 fully saturated rings. The summed E-state index contributed by atoms with van der Waals surface area (Å²) in [6.07, 6.45) is 0. The summed E-state index contributed by atoms with van der Waals surface area (Å²) in [4.78, 5) is 19.8. The summed E-state index contributed by atoms with van der Waals surface area (Å²) in [5.74, 6) is -0.108. The summed E-state index contributed by atoms with van der Waals surface area (Å²) in [7, 11) is 0. The first-order valence-corrected chi connectivity index (χ1v) is 8.77. The minimum Gasteiger partial charge on any atom is -0.462 e. The monoisotopic (exact) mass is 377 g/mol. The molecule has 1 heterocycles. The number of carbonyl (C=O) groups excluding carboxylic acids is 1. The van der Waals surface area contributed by atoms with Crippen LogP contribution >= 0.6 is 23.1 Å². The van der Waals surface area contributed by atoms with Crippen LogP contribution in [-0.4, -0.2) is 27.1 Å². The fourth-order valence-corrected chi connectivity index (χ4v) is 3.08. The number of hydrogen-bond acceptors (Lipinski definition) is 4. The number of hydrogen-bond donors (Lipinski definition) is 2. The maximum Gasteiger partial charge on any atom is 0.342 e. The van der Waals surface area contributed by atoms with Gasteiger partial charge in [0.15, 0.2) is 5.75 Å². The van der Waals surface area contributed by atoms with E-state index >= 15 is 0 Å². The predicted molar refractivity (Wildman–Crippen MR) is 97.5 cm³/mol. The van der Waals surface area contributed by atoms with E-state index < -0.39 is 5.97 Å². The molecule has 0 atom stereocenters. The number of ether oxygens (including phenoxy) is 1. The van der Waals surface area contributed by atoms with Crippen molar-refractivity contribution >= 4 is 29.1 Å². The van der Waals surface area contributed by atoms with Gasteiger partial charge in [-0.2, -0.15) is 0 Å². The van der Waals surface area contributed by atoms with Gasteiger partial charge in [0.1, 0.15) is 10.7 Å². The van der Waals surface area contributed by atoms with Crippen LogP contribution in [0.5, 0.6) is 5.75 Å². The second-order valence-corrected chi connectivity index (χ2v) is 6.09. The highest BCUT2D eigenvalue weighted by molar-refractivity contribution is 7.09. The number of carbonyl (C=O) groups is 1. The number of para-hydroxylation sites is 1. The van der Waals surface area contributed by atoms with Crippen LogP contribution in [0, 0.1) is 0 Å². The van der Waals surface area contributed by atoms with Crippen LogP contribution in [0.1, 0.15) is 17.3 Å². The molecule has 0 saturated carbocycles. The fraction of sp³-hybridized carbons (Fsp3) is 0.118. The third kappa shape index (κ3) is 4.07. The summed E-state index contributed by atoms with van der Waals surface area (Å²) in [5.41, 5.74) is 1.30. The lowest BCUT2D eigenvalue weighted by Gasteiger charge is -2.13. The van der Waals surface area contributed by atoms with Crippen LogP contribution in [0.3, 0.4) is 0 Å². The molecule has 130 valence electrons. The maximum absolute atomic E-state index is 12.0. The summed E-state index contributed by atoms with van der Waals surface area (Å²) in [6.45, 7) is 2.04. The number of H-pyrrole nitrogens is 2. The zero-order valence-electron chi connectivity index (χ0n) is 13.4. The van der Waals surface area contributed by atoms with Crippen LogP contribution < -0.4 is 4.84 Å². The third-order valence-electron chi connectivity index (χ3n) is 3.24. The van der Waals surface area contributed by atoms with Crippen LogP contribution in [0.15, 0.2) is 54.6 Å². The van der Waals surface area contributed by atoms with Gasteiger partial charge in [0.25, 0.3) is 0 Å². The first kappa shape index (κ1) is 17.2. The Balaban J connectivity index is 1.88. The van der Waals surface area contributed by atoms with Gasteiger partial charge in [-0.25, -0.2) is 14.4 Å². The largest absolute Gasteiger partial charge is 0.462 e. The molecule has 0 aliphatic heterocycles. The van der Waals surface area contributed by atoms with E-state index in [4.69, 9.17) is 21.2 Å². The van der Waals surface area contributed by atoms with Gasteiger partial charge in [-0.3, -0.25) is 0 Å². The molecule has 0 bridgehead atoms. The smallest absolute Gasteiger partial charge is 0.342 e. The molecule has 0 saturated heterocycles. The van der Waals surface area contributed by atoms with E-state index in [1.54, 1.807) is 31.2 Å². The van der Waals surface area contributed by atoms with E-state index in [9.17, 15) is 4.79 Å². The SMILES string of the molecule is CCOC(=O)c1ccccc1On1[nH]sc(-c2ccccc2)c(Cl)[nH]1. The number of rotatable bonds is 5. The number of nitrogens with zero attached hydrogens (tertiary/aromatic N) is 1. The van der Waals surface area contributed by atoms with E-state index in [0.29, 0.717) is 16.5 Å². The third-order valence-corrected chi connectivity index (χ3v) is 4.52. The normalized spacial score (nSPS) is 10.3. The average molecular weight is 378 g/mol. The maximum atomic E-state index is 12.0. The number of esters is 1. The number of aromatic amines is 2. The number of benzene rings is 2. The molecule has 0 aliphatic rings. The molecule has 25 heavy (non-hydrogen) atoms. The molecule has 0 spiro atoms. The van der Waals surface area contributed by atoms with E-state index in [2.05, 4.69) is 9.59 Å². The second kappa shape index (κ2) is 7.96. The Bertz CT molecular complexity index is 893. The van der Waals surface area contributed by atoms with Crippen molar-refractivity contribution in [2.24, 2.45) is 0 Å². The van der Waals surface area contributed by atoms with Gasteiger partial charge in [0, 0.05) is 0 Å². The molecule has 2 N–H and O–H groups in total. The predicted octanol–water partition coefficient (Wildman–Crippen LogP) is 4.67. The summed E-state index contributed by atoms with van der Waals surface area (Å²) in [5, 5.41) is 3.29. The van der Waals surface area contributed by atoms with Gasteiger partial charge in [0.2, 0.25) is 0 Å². The summed E-state index contributed by atoms with van der Waals surface area (Å²) < 4.78 is 8.00. The highest BCUT2D eigenvalue weighted by Gasteiger charge is 2.14. The van der Waals surface area contributed by atoms with Gasteiger partial charge in [-0.05, 0) is 41.1 Å². The Morgan fingerprint density at radius 3 is 2.60 bits per heavy atom. The Labute approximate surface area is 153 Å². The minimum atomic E-state index is -0.450. The molecule has 2 aromatic carbocycles. The van der Waals surface area contributed by atoms with E-state index in [0.717, 1.165) is 10.4 Å². The molecule has 8 heteroatoms. The zero-order chi connectivity index (χ0) is 17.6. The molecule has 0 unspecified atom stereocenters. The molecule has 6 nitrogen and oxygen atoms in total. The van der Waals surface area contributed by atoms with Crippen molar-refractivity contribution in [2.45, 2.75) is 6.92 Å². The number of nitrogens with one attached hydrogen (secondary N) is 2. The van der Waals surface area contributed by atoms with Gasteiger partial charge in [0.05, 0.1) is 11.5 Å². The number of halogens is 1. The molecular formula is C17H16ClN3O3S. The summed E-state index contributed by atoms with van der Waals surface area (Å²) in [6, 6.07) is 16.5. The quantitative estimate of drug-likeness (QED) is 0.634. The zero-order valence-corrected chi connectivity index (χ0v) is 14.9. The second-order valence-electron chi connectivity index (χ2n) is 4.92. The van der Waals surface area contributed by atoms with Crippen LogP contribution in [-0.2, 0) is 4.74 Å². The lowest BCUT2D eigenvalue weighted by atomic mass is 10.2. The van der Waals surface area contributed by atoms with Gasteiger partial charge < -0.3 is 9.57 Å². The van der Waals surface area contributed by atoms with Gasteiger partial charge >= 0.3 is 5.97 Å². The molecule has 0 radical (unpaired) electrons. The highest BCUT2D eigenvalue weighted by Crippen LogP contribution is 2.28. The standard InChI is InChI=1S/C17H16ClN3O3S/c1-2-23-17(22)13-10-6-7-11-14(13)24-21-19-16(18)15(25-20-21)12-8-4-3-5-9-12/h3-11,19-20H,2H2,1H3. The van der Waals surface area contributed by atoms with E-state index in [-0.39, 0.29) is 6.61 Å². The van der Waals surface area contributed by atoms with Gasteiger partial charge in [-0.1, -0.05) is 54.1 Å². The molecule has 3 rings (SSSR count). The highest BCUT2D eigenvalue weighted by atomic mass is 35.5. The topological polar surface area (TPSA) is 72.0 Å². The molecule has 0 amide bonds. The first-order valence-electron chi connectivity index (χ1n) is 7.57. The Hall–Kier alpha value is -2.64. The lowest BCUT2D eigenvalue weighted by molar-refractivity contribution is 0.0513. The van der Waals surface area contributed by atoms with Crippen molar-refractivity contribution < 1.29 is 14.4 Å². The van der Waals surface area contributed by atoms with E-state index in [1.807, 2.05) is 30.3 Å². The fourth-order valence-electron chi connectivity index (χ4n) is 2.13. The lowest BCUT2D eigenvalue weighted by Crippen LogP contribution is -2.16. The Morgan fingerprint density at radius 1 is 1.16 bits per heavy atom. The van der Waals surface area contributed by atoms with Crippen molar-refractivity contribution in [1.82, 2.24) is 14.5 Å². The van der Waals surface area contributed by atoms with Crippen molar-refractivity contribution in [3.05, 3.63) is 65.3 Å². The van der Waals surface area contributed by atoms with Crippen molar-refractivity contribution in [3.8, 4) is 16.2 Å². The Morgan fingerprint density at radius 2 is 1.88 bits per heavy atom. The number of aromatic nitrogens is 3. The summed E-state index contributed by atoms with van der Waals surface area (Å²) >= 11 is 7.62. The van der Waals surface area contributed by atoms with E-state index in [1.165, 1.54) is 16.5 Å². The van der Waals surface area contributed by atoms with Crippen molar-refractivity contribution in [1.29, 1.82) is 0 Å². The van der Waals surface area contributed by atoms with Gasteiger partial charge in [-0.15, -0.1) is 0 Å². The van der Waals surface area contributed by atoms with Crippen LogP contribution in [0.25, 0.3) is 10.4 Å². The van der Waals surface area contributed by atoms with Crippen LogP contribution in [0.2, 0.25) is 5.15 Å². The molecule has 3 aromatic rings. The first-order chi connectivity index (χ1) is 12.2. The van der Waals surface area contributed by atoms with Crippen molar-refractivity contribution in [3.63, 3.8) is 0 Å². The molecule has 1 aromatic heterocycles. The van der Waals surface area contributed by atoms with Crippen LogP contribution in [0.4, 0.5) is 0 Å². The molecule has 0 aliphatic carbocycles. The minimum absolute atomic E-state index is 0.290. The Kier molecular flexibility index (Phi) is 5.47. The van der Waals surface area contributed by atoms with Crippen molar-refractivity contribution in [2.75, 3.05) is 6.61 Å².